The van der Waals surface area contributed by atoms with Gasteiger partial charge >= 0.3 is 0 Å². The van der Waals surface area contributed by atoms with Gasteiger partial charge in [-0.15, -0.1) is 11.8 Å². The summed E-state index contributed by atoms with van der Waals surface area (Å²) in [6, 6.07) is 3.93. The highest BCUT2D eigenvalue weighted by Crippen LogP contribution is 2.26. The maximum atomic E-state index is 13.5. The summed E-state index contributed by atoms with van der Waals surface area (Å²) in [6.45, 7) is 9.01. The molecule has 4 nitrogen and oxygen atoms in total. The summed E-state index contributed by atoms with van der Waals surface area (Å²) in [7, 11) is 0. The lowest BCUT2D eigenvalue weighted by atomic mass is 10.1. The number of pyridine rings is 1. The van der Waals surface area contributed by atoms with Crippen molar-refractivity contribution in [3.05, 3.63) is 83.5 Å². The largest absolute Gasteiger partial charge is 0.354 e. The first-order chi connectivity index (χ1) is 14.6. The van der Waals surface area contributed by atoms with Gasteiger partial charge in [-0.3, -0.25) is 4.99 Å². The van der Waals surface area contributed by atoms with Gasteiger partial charge in [0.05, 0.1) is 18.1 Å². The van der Waals surface area contributed by atoms with Crippen LogP contribution in [0.25, 0.3) is 0 Å². The van der Waals surface area contributed by atoms with Crippen molar-refractivity contribution in [1.82, 2.24) is 4.98 Å². The lowest BCUT2D eigenvalue weighted by Gasteiger charge is -2.16. The van der Waals surface area contributed by atoms with Crippen molar-refractivity contribution < 1.29 is 4.39 Å². The Hall–Kier alpha value is -2.73. The number of rotatable bonds is 5. The summed E-state index contributed by atoms with van der Waals surface area (Å²) < 4.78 is 13.5. The molecule has 3 rings (SSSR count). The Morgan fingerprint density at radius 2 is 2.20 bits per heavy atom. The van der Waals surface area contributed by atoms with E-state index in [9.17, 15) is 4.39 Å². The highest BCUT2D eigenvalue weighted by Gasteiger charge is 2.22. The molecule has 0 spiro atoms. The highest BCUT2D eigenvalue weighted by atomic mass is 32.2. The van der Waals surface area contributed by atoms with Crippen LogP contribution in [0.3, 0.4) is 0 Å². The number of aliphatic imine (C=N–C) groups is 1. The van der Waals surface area contributed by atoms with Crippen molar-refractivity contribution in [2.75, 3.05) is 23.9 Å². The third-order valence-electron chi connectivity index (χ3n) is 4.95. The fraction of sp³-hybridized carbons (Fsp3) is 0.292. The van der Waals surface area contributed by atoms with Gasteiger partial charge in [0.1, 0.15) is 12.0 Å². The number of alkyl halides is 1. The van der Waals surface area contributed by atoms with Gasteiger partial charge in [-0.05, 0) is 37.5 Å². The minimum absolute atomic E-state index is 0.411. The first-order valence-corrected chi connectivity index (χ1v) is 11.0. The lowest BCUT2D eigenvalue weighted by Crippen LogP contribution is -2.21. The molecular formula is C24H27FN4S. The summed E-state index contributed by atoms with van der Waals surface area (Å²) in [5.41, 5.74) is 3.69. The Labute approximate surface area is 182 Å². The summed E-state index contributed by atoms with van der Waals surface area (Å²) in [6.07, 6.45) is 14.2. The fourth-order valence-electron chi connectivity index (χ4n) is 3.31. The van der Waals surface area contributed by atoms with Crippen LogP contribution in [0.15, 0.2) is 82.9 Å². The molecule has 1 aromatic heterocycles. The summed E-state index contributed by atoms with van der Waals surface area (Å²) >= 11 is 1.59. The molecule has 0 amide bonds. The Bertz CT molecular complexity index is 912. The van der Waals surface area contributed by atoms with Crippen LogP contribution in [0.1, 0.15) is 24.8 Å². The molecule has 0 aliphatic carbocycles. The van der Waals surface area contributed by atoms with Gasteiger partial charge in [0, 0.05) is 35.0 Å². The van der Waals surface area contributed by atoms with E-state index in [2.05, 4.69) is 30.3 Å². The van der Waals surface area contributed by atoms with Gasteiger partial charge in [-0.1, -0.05) is 43.0 Å². The Kier molecular flexibility index (Phi) is 7.97. The third kappa shape index (κ3) is 5.89. The molecule has 156 valence electrons. The van der Waals surface area contributed by atoms with E-state index in [1.165, 1.54) is 6.21 Å². The molecule has 1 saturated heterocycles. The SMILES string of the molecule is C=C/C=C(C=N)/C1=C/CC(=C)C/C=C\C(c2ccc(N3CCC(F)C3)nc2)=NCS1. The van der Waals surface area contributed by atoms with E-state index in [0.717, 1.165) is 46.0 Å². The van der Waals surface area contributed by atoms with Crippen molar-refractivity contribution in [2.45, 2.75) is 25.4 Å². The maximum Gasteiger partial charge on any atom is 0.128 e. The number of hydrogen-bond donors (Lipinski definition) is 1. The molecule has 30 heavy (non-hydrogen) atoms. The van der Waals surface area contributed by atoms with E-state index < -0.39 is 6.17 Å². The summed E-state index contributed by atoms with van der Waals surface area (Å²) in [4.78, 5) is 12.3. The van der Waals surface area contributed by atoms with Gasteiger partial charge in [0.15, 0.2) is 0 Å². The molecule has 1 unspecified atom stereocenters. The van der Waals surface area contributed by atoms with E-state index in [-0.39, 0.29) is 0 Å². The minimum atomic E-state index is -0.769. The molecular weight excluding hydrogens is 395 g/mol. The molecule has 2 aliphatic heterocycles. The Balaban J connectivity index is 1.81. The molecule has 1 aromatic rings. The van der Waals surface area contributed by atoms with Crippen LogP contribution in [0, 0.1) is 5.41 Å². The normalized spacial score (nSPS) is 23.8. The topological polar surface area (TPSA) is 52.3 Å². The number of hydrogen-bond acceptors (Lipinski definition) is 5. The number of nitrogens with one attached hydrogen (secondary N) is 1. The fourth-order valence-corrected chi connectivity index (χ4v) is 4.15. The van der Waals surface area contributed by atoms with E-state index >= 15 is 0 Å². The zero-order valence-electron chi connectivity index (χ0n) is 17.1. The van der Waals surface area contributed by atoms with Gasteiger partial charge < -0.3 is 10.3 Å². The van der Waals surface area contributed by atoms with Crippen LogP contribution >= 0.6 is 11.8 Å². The number of nitrogens with zero attached hydrogens (tertiary/aromatic N) is 3. The van der Waals surface area contributed by atoms with Crippen molar-refractivity contribution in [2.24, 2.45) is 4.99 Å². The monoisotopic (exact) mass is 422 g/mol. The smallest absolute Gasteiger partial charge is 0.128 e. The van der Waals surface area contributed by atoms with Crippen molar-refractivity contribution in [1.29, 1.82) is 5.41 Å². The van der Waals surface area contributed by atoms with Gasteiger partial charge in [0.2, 0.25) is 0 Å². The van der Waals surface area contributed by atoms with Crippen LogP contribution in [0.5, 0.6) is 0 Å². The summed E-state index contributed by atoms with van der Waals surface area (Å²) in [5, 5.41) is 7.69. The van der Waals surface area contributed by atoms with E-state index in [0.29, 0.717) is 25.4 Å². The zero-order valence-corrected chi connectivity index (χ0v) is 17.9. The molecule has 0 aromatic carbocycles. The maximum absolute atomic E-state index is 13.5. The van der Waals surface area contributed by atoms with Crippen LogP contribution in [0.4, 0.5) is 10.2 Å². The predicted octanol–water partition coefficient (Wildman–Crippen LogP) is 5.66. The second-order valence-corrected chi connectivity index (χ2v) is 8.17. The van der Waals surface area contributed by atoms with Crippen LogP contribution in [0.2, 0.25) is 0 Å². The number of anilines is 1. The van der Waals surface area contributed by atoms with E-state index in [1.54, 1.807) is 24.0 Å². The predicted molar refractivity (Wildman–Crippen MR) is 128 cm³/mol. The molecule has 1 N–H and O–H groups in total. The van der Waals surface area contributed by atoms with Crippen LogP contribution in [-0.2, 0) is 0 Å². The first-order valence-electron chi connectivity index (χ1n) is 10.0. The van der Waals surface area contributed by atoms with Gasteiger partial charge in [-0.25, -0.2) is 9.37 Å². The number of allylic oxidation sites excluding steroid dienone is 7. The zero-order chi connectivity index (χ0) is 21.3. The number of thioether (sulfide) groups is 1. The highest BCUT2D eigenvalue weighted by molar-refractivity contribution is 8.03. The molecule has 0 radical (unpaired) electrons. The molecule has 3 heterocycles. The summed E-state index contributed by atoms with van der Waals surface area (Å²) in [5.74, 6) is 1.33. The van der Waals surface area contributed by atoms with E-state index in [4.69, 9.17) is 10.4 Å². The van der Waals surface area contributed by atoms with E-state index in [1.807, 2.05) is 29.2 Å². The first kappa shape index (κ1) is 22.0. The molecule has 6 heteroatoms. The van der Waals surface area contributed by atoms with Crippen molar-refractivity contribution >= 4 is 29.5 Å². The molecule has 0 bridgehead atoms. The molecule has 1 atom stereocenters. The van der Waals surface area contributed by atoms with Crippen LogP contribution < -0.4 is 4.90 Å². The number of aromatic nitrogens is 1. The molecule has 0 saturated carbocycles. The second-order valence-electron chi connectivity index (χ2n) is 7.18. The average molecular weight is 423 g/mol. The third-order valence-corrected chi connectivity index (χ3v) is 5.92. The standard InChI is InChI=1S/C24H27FN4S/c1-3-5-19(14-26)23-10-8-18(2)6-4-7-22(28-17-30-23)20-9-11-24(27-15-20)29-13-12-21(25)16-29/h3-5,7,9-11,14-15,21,26H,1-2,6,8,12-13,16-17H2/b7-4-,19-5+,23-10-,26-14?,28-22?. The second kappa shape index (κ2) is 10.9. The molecule has 1 fully saturated rings. The lowest BCUT2D eigenvalue weighted by molar-refractivity contribution is 0.364. The van der Waals surface area contributed by atoms with Gasteiger partial charge in [0.25, 0.3) is 0 Å². The Morgan fingerprint density at radius 3 is 2.87 bits per heavy atom. The number of halogens is 1. The minimum Gasteiger partial charge on any atom is -0.354 e. The quantitative estimate of drug-likeness (QED) is 0.378. The van der Waals surface area contributed by atoms with Gasteiger partial charge in [-0.2, -0.15) is 0 Å². The molecule has 2 aliphatic rings. The van der Waals surface area contributed by atoms with Crippen LogP contribution in [-0.4, -0.2) is 42.0 Å². The Morgan fingerprint density at radius 1 is 1.33 bits per heavy atom. The van der Waals surface area contributed by atoms with Crippen molar-refractivity contribution in [3.63, 3.8) is 0 Å². The average Bonchev–Trinajstić information content (AvgIpc) is 3.18. The van der Waals surface area contributed by atoms with Crippen molar-refractivity contribution in [3.8, 4) is 0 Å².